The lowest BCUT2D eigenvalue weighted by Crippen LogP contribution is -1.98. The van der Waals surface area contributed by atoms with Crippen LogP contribution < -0.4 is 10.5 Å². The van der Waals surface area contributed by atoms with Crippen LogP contribution in [-0.2, 0) is 10.0 Å². The number of phenols is 1. The molecule has 7 heteroatoms. The van der Waals surface area contributed by atoms with Crippen molar-refractivity contribution in [1.82, 2.24) is 0 Å². The SMILES string of the molecule is COc1cccc(C=NS(=O)(=O)c2ccc(N)cc2)c1O. The van der Waals surface area contributed by atoms with Crippen molar-refractivity contribution < 1.29 is 18.3 Å². The van der Waals surface area contributed by atoms with E-state index >= 15 is 0 Å². The Labute approximate surface area is 122 Å². The summed E-state index contributed by atoms with van der Waals surface area (Å²) in [5, 5.41) is 9.86. The van der Waals surface area contributed by atoms with Crippen LogP contribution in [0.5, 0.6) is 11.5 Å². The van der Waals surface area contributed by atoms with E-state index in [2.05, 4.69) is 4.40 Å². The highest BCUT2D eigenvalue weighted by molar-refractivity contribution is 7.90. The molecule has 0 amide bonds. The van der Waals surface area contributed by atoms with Gasteiger partial charge in [0.25, 0.3) is 10.0 Å². The van der Waals surface area contributed by atoms with E-state index in [1.165, 1.54) is 37.4 Å². The zero-order valence-electron chi connectivity index (χ0n) is 11.2. The van der Waals surface area contributed by atoms with Gasteiger partial charge in [-0.2, -0.15) is 12.8 Å². The molecule has 2 aromatic carbocycles. The molecule has 110 valence electrons. The highest BCUT2D eigenvalue weighted by Gasteiger charge is 2.12. The van der Waals surface area contributed by atoms with Crippen LogP contribution in [0.3, 0.4) is 0 Å². The summed E-state index contributed by atoms with van der Waals surface area (Å²) < 4.78 is 32.6. The van der Waals surface area contributed by atoms with Crippen molar-refractivity contribution in [3.05, 3.63) is 48.0 Å². The van der Waals surface area contributed by atoms with Gasteiger partial charge in [0.05, 0.1) is 18.2 Å². The second kappa shape index (κ2) is 5.84. The largest absolute Gasteiger partial charge is 0.504 e. The van der Waals surface area contributed by atoms with E-state index < -0.39 is 10.0 Å². The Morgan fingerprint density at radius 3 is 2.48 bits per heavy atom. The van der Waals surface area contributed by atoms with Crippen LogP contribution in [-0.4, -0.2) is 26.8 Å². The minimum absolute atomic E-state index is 0.0235. The molecular weight excluding hydrogens is 292 g/mol. The predicted molar refractivity (Wildman–Crippen MR) is 80.3 cm³/mol. The third kappa shape index (κ3) is 3.32. The van der Waals surface area contributed by atoms with E-state index in [4.69, 9.17) is 10.5 Å². The number of nitrogens with two attached hydrogens (primary N) is 1. The summed E-state index contributed by atoms with van der Waals surface area (Å²) in [6.07, 6.45) is 1.07. The van der Waals surface area contributed by atoms with Gasteiger partial charge in [0.2, 0.25) is 0 Å². The molecule has 0 radical (unpaired) electrons. The molecule has 6 nitrogen and oxygen atoms in total. The van der Waals surface area contributed by atoms with Crippen molar-refractivity contribution in [2.45, 2.75) is 4.90 Å². The number of nitrogens with zero attached hydrogens (tertiary/aromatic N) is 1. The van der Waals surface area contributed by atoms with E-state index in [1.807, 2.05) is 0 Å². The Kier molecular flexibility index (Phi) is 4.13. The van der Waals surface area contributed by atoms with Gasteiger partial charge in [0.15, 0.2) is 11.5 Å². The molecule has 0 heterocycles. The molecule has 0 atom stereocenters. The van der Waals surface area contributed by atoms with Gasteiger partial charge < -0.3 is 15.6 Å². The van der Waals surface area contributed by atoms with E-state index in [-0.39, 0.29) is 22.0 Å². The molecule has 0 saturated carbocycles. The van der Waals surface area contributed by atoms with E-state index in [0.29, 0.717) is 5.69 Å². The smallest absolute Gasteiger partial charge is 0.282 e. The zero-order valence-corrected chi connectivity index (χ0v) is 12.0. The molecule has 21 heavy (non-hydrogen) atoms. The highest BCUT2D eigenvalue weighted by Crippen LogP contribution is 2.28. The number of nitrogen functional groups attached to an aromatic ring is 1. The van der Waals surface area contributed by atoms with Crippen molar-refractivity contribution in [2.75, 3.05) is 12.8 Å². The fraction of sp³-hybridized carbons (Fsp3) is 0.0714. The van der Waals surface area contributed by atoms with Crippen molar-refractivity contribution in [1.29, 1.82) is 0 Å². The molecule has 0 bridgehead atoms. The van der Waals surface area contributed by atoms with Gasteiger partial charge in [-0.1, -0.05) is 6.07 Å². The number of methoxy groups -OCH3 is 1. The topological polar surface area (TPSA) is 102 Å². The fourth-order valence-corrected chi connectivity index (χ4v) is 2.49. The van der Waals surface area contributed by atoms with Gasteiger partial charge in [-0.15, -0.1) is 0 Å². The summed E-state index contributed by atoms with van der Waals surface area (Å²) in [5.41, 5.74) is 6.21. The van der Waals surface area contributed by atoms with E-state index in [9.17, 15) is 13.5 Å². The van der Waals surface area contributed by atoms with Gasteiger partial charge in [-0.25, -0.2) is 0 Å². The standard InChI is InChI=1S/C14H14N2O4S/c1-20-13-4-2-3-10(14(13)17)9-16-21(18,19)12-7-5-11(15)6-8-12/h2-9,17H,15H2,1H3. The summed E-state index contributed by atoms with van der Waals surface area (Å²) >= 11 is 0. The third-order valence-corrected chi connectivity index (χ3v) is 4.01. The zero-order chi connectivity index (χ0) is 15.5. The van der Waals surface area contributed by atoms with Crippen LogP contribution in [0, 0.1) is 0 Å². The number of para-hydroxylation sites is 1. The third-order valence-electron chi connectivity index (χ3n) is 2.76. The quantitative estimate of drug-likeness (QED) is 0.662. The highest BCUT2D eigenvalue weighted by atomic mass is 32.2. The molecule has 0 aliphatic rings. The summed E-state index contributed by atoms with van der Waals surface area (Å²) in [7, 11) is -2.45. The maximum Gasteiger partial charge on any atom is 0.282 e. The van der Waals surface area contributed by atoms with Gasteiger partial charge >= 0.3 is 0 Å². The molecule has 2 rings (SSSR count). The molecule has 0 aliphatic heterocycles. The number of sulfonamides is 1. The number of rotatable bonds is 4. The number of ether oxygens (including phenoxy) is 1. The molecular formula is C14H14N2O4S. The minimum atomic E-state index is -3.85. The Balaban J connectivity index is 2.34. The number of anilines is 1. The lowest BCUT2D eigenvalue weighted by molar-refractivity contribution is 0.373. The maximum absolute atomic E-state index is 12.0. The molecule has 0 saturated heterocycles. The Morgan fingerprint density at radius 1 is 1.19 bits per heavy atom. The van der Waals surface area contributed by atoms with E-state index in [0.717, 1.165) is 6.21 Å². The minimum Gasteiger partial charge on any atom is -0.504 e. The molecule has 0 spiro atoms. The van der Waals surface area contributed by atoms with Gasteiger partial charge in [-0.05, 0) is 36.4 Å². The molecule has 0 unspecified atom stereocenters. The van der Waals surface area contributed by atoms with Crippen molar-refractivity contribution in [3.8, 4) is 11.5 Å². The predicted octanol–water partition coefficient (Wildman–Crippen LogP) is 1.79. The van der Waals surface area contributed by atoms with Gasteiger partial charge in [0.1, 0.15) is 0 Å². The second-order valence-electron chi connectivity index (χ2n) is 4.18. The molecule has 3 N–H and O–H groups in total. The summed E-state index contributed by atoms with van der Waals surface area (Å²) in [6, 6.07) is 10.4. The Bertz CT molecular complexity index is 768. The van der Waals surface area contributed by atoms with Crippen LogP contribution in [0.4, 0.5) is 5.69 Å². The lowest BCUT2D eigenvalue weighted by atomic mass is 10.2. The number of hydrogen-bond acceptors (Lipinski definition) is 5. The normalized spacial score (nSPS) is 11.7. The number of benzene rings is 2. The summed E-state index contributed by atoms with van der Waals surface area (Å²) in [4.78, 5) is 0.0235. The average Bonchev–Trinajstić information content (AvgIpc) is 2.47. The summed E-state index contributed by atoms with van der Waals surface area (Å²) in [5.74, 6) is 0.0695. The van der Waals surface area contributed by atoms with Crippen molar-refractivity contribution in [3.63, 3.8) is 0 Å². The van der Waals surface area contributed by atoms with Crippen LogP contribution in [0.15, 0.2) is 51.8 Å². The number of hydrogen-bond donors (Lipinski definition) is 2. The maximum atomic E-state index is 12.0. The van der Waals surface area contributed by atoms with Crippen molar-refractivity contribution >= 4 is 21.9 Å². The van der Waals surface area contributed by atoms with Gasteiger partial charge in [0, 0.05) is 11.3 Å². The Morgan fingerprint density at radius 2 is 1.86 bits per heavy atom. The summed E-state index contributed by atoms with van der Waals surface area (Å²) in [6.45, 7) is 0. The monoisotopic (exact) mass is 306 g/mol. The van der Waals surface area contributed by atoms with Gasteiger partial charge in [-0.3, -0.25) is 0 Å². The first-order valence-corrected chi connectivity index (χ1v) is 7.40. The Hall–Kier alpha value is -2.54. The van der Waals surface area contributed by atoms with Crippen LogP contribution >= 0.6 is 0 Å². The number of phenolic OH excluding ortho intramolecular Hbond substituents is 1. The van der Waals surface area contributed by atoms with Crippen LogP contribution in [0.25, 0.3) is 0 Å². The van der Waals surface area contributed by atoms with E-state index in [1.54, 1.807) is 12.1 Å². The molecule has 0 fully saturated rings. The molecule has 0 aliphatic carbocycles. The van der Waals surface area contributed by atoms with Crippen LogP contribution in [0.1, 0.15) is 5.56 Å². The lowest BCUT2D eigenvalue weighted by Gasteiger charge is -2.05. The average molecular weight is 306 g/mol. The van der Waals surface area contributed by atoms with Crippen LogP contribution in [0.2, 0.25) is 0 Å². The van der Waals surface area contributed by atoms with Crippen molar-refractivity contribution in [2.24, 2.45) is 4.40 Å². The fourth-order valence-electron chi connectivity index (χ4n) is 1.64. The second-order valence-corrected chi connectivity index (χ2v) is 5.81. The first kappa shape index (κ1) is 14.9. The first-order valence-electron chi connectivity index (χ1n) is 5.96. The molecule has 0 aromatic heterocycles. The molecule has 2 aromatic rings. The first-order chi connectivity index (χ1) is 9.94. The number of aromatic hydroxyl groups is 1.